The Kier molecular flexibility index (Phi) is 4.27. The third-order valence-electron chi connectivity index (χ3n) is 3.40. The minimum absolute atomic E-state index is 0.261. The Morgan fingerprint density at radius 3 is 2.65 bits per heavy atom. The van der Waals surface area contributed by atoms with E-state index in [1.54, 1.807) is 31.2 Å². The van der Waals surface area contributed by atoms with Gasteiger partial charge in [-0.1, -0.05) is 11.2 Å². The van der Waals surface area contributed by atoms with Crippen LogP contribution in [0.4, 0.5) is 0 Å². The molecule has 7 nitrogen and oxygen atoms in total. The number of rotatable bonds is 5. The van der Waals surface area contributed by atoms with Gasteiger partial charge in [0, 0.05) is 6.07 Å². The van der Waals surface area contributed by atoms with Gasteiger partial charge in [0.1, 0.15) is 19.0 Å². The molecule has 0 radical (unpaired) electrons. The van der Waals surface area contributed by atoms with Crippen LogP contribution >= 0.6 is 0 Å². The number of sulfone groups is 1. The molecule has 2 heterocycles. The summed E-state index contributed by atoms with van der Waals surface area (Å²) in [5, 5.41) is 13.9. The fourth-order valence-corrected chi connectivity index (χ4v) is 3.72. The lowest BCUT2D eigenvalue weighted by molar-refractivity contribution is 0.168. The van der Waals surface area contributed by atoms with E-state index in [1.165, 1.54) is 0 Å². The van der Waals surface area contributed by atoms with Crippen LogP contribution in [0.2, 0.25) is 0 Å². The molecule has 8 heteroatoms. The topological polar surface area (TPSA) is 98.9 Å². The van der Waals surface area contributed by atoms with Crippen LogP contribution in [0.3, 0.4) is 0 Å². The van der Waals surface area contributed by atoms with Crippen molar-refractivity contribution in [2.45, 2.75) is 18.8 Å². The molecule has 0 unspecified atom stereocenters. The molecule has 1 N–H and O–H groups in total. The summed E-state index contributed by atoms with van der Waals surface area (Å²) in [6.07, 6.45) is -1.15. The van der Waals surface area contributed by atoms with Gasteiger partial charge >= 0.3 is 0 Å². The number of aliphatic hydroxyl groups excluding tert-OH is 1. The smallest absolute Gasteiger partial charge is 0.161 e. The van der Waals surface area contributed by atoms with E-state index in [0.717, 1.165) is 0 Å². The molecule has 0 amide bonds. The van der Waals surface area contributed by atoms with Gasteiger partial charge in [-0.05, 0) is 24.6 Å². The van der Waals surface area contributed by atoms with Crippen LogP contribution in [-0.4, -0.2) is 37.6 Å². The van der Waals surface area contributed by atoms with E-state index >= 15 is 0 Å². The fraction of sp³-hybridized carbons (Fsp3) is 0.400. The van der Waals surface area contributed by atoms with Gasteiger partial charge in [0.2, 0.25) is 0 Å². The lowest BCUT2D eigenvalue weighted by Gasteiger charge is -2.20. The maximum atomic E-state index is 12.2. The molecule has 0 fully saturated rings. The van der Waals surface area contributed by atoms with E-state index in [0.29, 0.717) is 36.0 Å². The van der Waals surface area contributed by atoms with Crippen molar-refractivity contribution in [1.82, 2.24) is 5.16 Å². The summed E-state index contributed by atoms with van der Waals surface area (Å²) in [4.78, 5) is 0. The van der Waals surface area contributed by atoms with Gasteiger partial charge in [-0.15, -0.1) is 0 Å². The first-order chi connectivity index (χ1) is 10.9. The molecular weight excluding hydrogens is 322 g/mol. The van der Waals surface area contributed by atoms with Crippen LogP contribution in [0.15, 0.2) is 28.8 Å². The van der Waals surface area contributed by atoms with E-state index in [1.807, 2.05) is 0 Å². The molecule has 0 aliphatic carbocycles. The van der Waals surface area contributed by atoms with Crippen molar-refractivity contribution in [3.63, 3.8) is 0 Å². The predicted molar refractivity (Wildman–Crippen MR) is 81.1 cm³/mol. The summed E-state index contributed by atoms with van der Waals surface area (Å²) < 4.78 is 40.1. The summed E-state index contributed by atoms with van der Waals surface area (Å²) in [5.41, 5.74) is 1.08. The van der Waals surface area contributed by atoms with E-state index in [9.17, 15) is 13.5 Å². The Balaban J connectivity index is 1.71. The van der Waals surface area contributed by atoms with Crippen molar-refractivity contribution in [3.05, 3.63) is 41.3 Å². The van der Waals surface area contributed by atoms with Gasteiger partial charge in [-0.2, -0.15) is 0 Å². The van der Waals surface area contributed by atoms with Crippen molar-refractivity contribution in [1.29, 1.82) is 0 Å². The molecular formula is C15H17NO6S. The highest BCUT2D eigenvalue weighted by Crippen LogP contribution is 2.33. The van der Waals surface area contributed by atoms with Crippen LogP contribution < -0.4 is 9.47 Å². The second-order valence-corrected chi connectivity index (χ2v) is 7.52. The monoisotopic (exact) mass is 339 g/mol. The van der Waals surface area contributed by atoms with Gasteiger partial charge in [-0.25, -0.2) is 8.42 Å². The molecule has 1 atom stereocenters. The minimum Gasteiger partial charge on any atom is -0.486 e. The van der Waals surface area contributed by atoms with Gasteiger partial charge in [0.05, 0.1) is 17.6 Å². The van der Waals surface area contributed by atoms with Crippen LogP contribution in [0, 0.1) is 6.92 Å². The number of aliphatic hydroxyl groups is 1. The van der Waals surface area contributed by atoms with Crippen molar-refractivity contribution in [3.8, 4) is 11.5 Å². The predicted octanol–water partition coefficient (Wildman–Crippen LogP) is 1.40. The molecule has 0 saturated carbocycles. The quantitative estimate of drug-likeness (QED) is 0.879. The average molecular weight is 339 g/mol. The van der Waals surface area contributed by atoms with Gasteiger partial charge in [0.15, 0.2) is 27.1 Å². The Hall–Kier alpha value is -2.06. The van der Waals surface area contributed by atoms with E-state index in [2.05, 4.69) is 5.16 Å². The highest BCUT2D eigenvalue weighted by Gasteiger charge is 2.23. The van der Waals surface area contributed by atoms with E-state index < -0.39 is 21.7 Å². The maximum absolute atomic E-state index is 12.2. The Morgan fingerprint density at radius 2 is 1.96 bits per heavy atom. The van der Waals surface area contributed by atoms with Crippen molar-refractivity contribution < 1.29 is 27.5 Å². The van der Waals surface area contributed by atoms with Crippen LogP contribution in [0.1, 0.15) is 23.1 Å². The summed E-state index contributed by atoms with van der Waals surface area (Å²) in [7, 11) is -3.55. The van der Waals surface area contributed by atoms with Crippen molar-refractivity contribution in [2.75, 3.05) is 19.0 Å². The highest BCUT2D eigenvalue weighted by molar-refractivity contribution is 7.90. The number of nitrogens with zero attached hydrogens (tertiary/aromatic N) is 1. The molecule has 23 heavy (non-hydrogen) atoms. The first-order valence-corrected chi connectivity index (χ1v) is 8.95. The lowest BCUT2D eigenvalue weighted by Crippen LogP contribution is -2.18. The van der Waals surface area contributed by atoms with Crippen LogP contribution in [-0.2, 0) is 15.6 Å². The van der Waals surface area contributed by atoms with E-state index in [4.69, 9.17) is 14.0 Å². The van der Waals surface area contributed by atoms with Gasteiger partial charge in [0.25, 0.3) is 0 Å². The number of hydrogen-bond donors (Lipinski definition) is 1. The number of fused-ring (bicyclic) bond motifs is 1. The zero-order valence-corrected chi connectivity index (χ0v) is 13.4. The second-order valence-electron chi connectivity index (χ2n) is 5.41. The normalized spacial score (nSPS) is 15.4. The maximum Gasteiger partial charge on any atom is 0.161 e. The zero-order chi connectivity index (χ0) is 16.4. The number of ether oxygens (including phenoxy) is 2. The molecule has 1 aromatic carbocycles. The number of aryl methyl sites for hydroxylation is 1. The van der Waals surface area contributed by atoms with Gasteiger partial charge in [-0.3, -0.25) is 0 Å². The number of benzene rings is 1. The first kappa shape index (κ1) is 15.8. The van der Waals surface area contributed by atoms with Crippen LogP contribution in [0.5, 0.6) is 11.5 Å². The molecule has 1 aromatic heterocycles. The summed E-state index contributed by atoms with van der Waals surface area (Å²) in [6.45, 7) is 2.61. The molecule has 1 aliphatic heterocycles. The van der Waals surface area contributed by atoms with E-state index in [-0.39, 0.29) is 11.5 Å². The van der Waals surface area contributed by atoms with Crippen molar-refractivity contribution in [2.24, 2.45) is 0 Å². The largest absolute Gasteiger partial charge is 0.486 e. The molecule has 3 rings (SSSR count). The number of aromatic nitrogens is 1. The molecule has 1 aliphatic rings. The fourth-order valence-electron chi connectivity index (χ4n) is 2.36. The summed E-state index contributed by atoms with van der Waals surface area (Å²) in [5.74, 6) is 0.655. The van der Waals surface area contributed by atoms with Crippen molar-refractivity contribution >= 4 is 9.84 Å². The molecule has 0 saturated heterocycles. The summed E-state index contributed by atoms with van der Waals surface area (Å²) in [6, 6.07) is 6.47. The zero-order valence-electron chi connectivity index (χ0n) is 12.6. The average Bonchev–Trinajstić information content (AvgIpc) is 2.90. The lowest BCUT2D eigenvalue weighted by atomic mass is 10.1. The highest BCUT2D eigenvalue weighted by atomic mass is 32.2. The molecule has 124 valence electrons. The third kappa shape index (κ3) is 3.83. The first-order valence-electron chi connectivity index (χ1n) is 7.13. The number of hydrogen-bond acceptors (Lipinski definition) is 7. The second kappa shape index (κ2) is 6.21. The van der Waals surface area contributed by atoms with Gasteiger partial charge < -0.3 is 19.1 Å². The summed E-state index contributed by atoms with van der Waals surface area (Å²) >= 11 is 0. The minimum atomic E-state index is -3.55. The van der Waals surface area contributed by atoms with Crippen LogP contribution in [0.25, 0.3) is 0 Å². The Morgan fingerprint density at radius 1 is 1.22 bits per heavy atom. The standard InChI is InChI=1S/C15H17NO6S/c1-10-6-12(22-16-10)8-23(18,19)9-13(17)11-2-3-14-15(7-11)21-5-4-20-14/h2-3,6-7,13,17H,4-5,8-9H2,1H3/t13-/m1/s1. The third-order valence-corrected chi connectivity index (χ3v) is 4.95. The molecule has 0 spiro atoms. The SMILES string of the molecule is Cc1cc(CS(=O)(=O)C[C@@H](O)c2ccc3c(c2)OCCO3)on1. The Labute approximate surface area is 133 Å². The molecule has 0 bridgehead atoms. The Bertz CT molecular complexity index is 798. The molecule has 2 aromatic rings.